The average Bonchev–Trinajstić information content (AvgIpc) is 3.06. The number of anilines is 1. The van der Waals surface area contributed by atoms with E-state index in [1.54, 1.807) is 0 Å². The monoisotopic (exact) mass is 393 g/mol. The first-order valence-corrected chi connectivity index (χ1v) is 10.5. The second-order valence-electron chi connectivity index (χ2n) is 8.47. The molecule has 2 aromatic carbocycles. The SMILES string of the molecule is CC(=O)Nc1cccc(O[C@H]2c3ccccc3C[C@@H]2N2CCC[C@@H](N(C)C)C2)c1. The minimum absolute atomic E-state index is 0.000287. The summed E-state index contributed by atoms with van der Waals surface area (Å²) >= 11 is 0. The van der Waals surface area contributed by atoms with E-state index in [9.17, 15) is 4.79 Å². The van der Waals surface area contributed by atoms with Crippen LogP contribution in [0.4, 0.5) is 5.69 Å². The zero-order valence-corrected chi connectivity index (χ0v) is 17.6. The summed E-state index contributed by atoms with van der Waals surface area (Å²) in [5, 5.41) is 2.85. The maximum Gasteiger partial charge on any atom is 0.221 e. The summed E-state index contributed by atoms with van der Waals surface area (Å²) in [4.78, 5) is 16.4. The van der Waals surface area contributed by atoms with Crippen molar-refractivity contribution < 1.29 is 9.53 Å². The van der Waals surface area contributed by atoms with Crippen molar-refractivity contribution in [1.29, 1.82) is 0 Å². The number of carbonyl (C=O) groups is 1. The number of ether oxygens (including phenoxy) is 1. The molecule has 3 atom stereocenters. The molecule has 29 heavy (non-hydrogen) atoms. The number of likely N-dealkylation sites (tertiary alicyclic amines) is 1. The Labute approximate surface area is 173 Å². The van der Waals surface area contributed by atoms with Crippen LogP contribution < -0.4 is 10.1 Å². The Hall–Kier alpha value is -2.37. The number of piperidine rings is 1. The molecule has 1 aliphatic heterocycles. The molecule has 5 nitrogen and oxygen atoms in total. The van der Waals surface area contributed by atoms with Gasteiger partial charge >= 0.3 is 0 Å². The number of nitrogens with one attached hydrogen (secondary N) is 1. The number of fused-ring (bicyclic) bond motifs is 1. The fraction of sp³-hybridized carbons (Fsp3) is 0.458. The summed E-state index contributed by atoms with van der Waals surface area (Å²) in [7, 11) is 4.36. The number of likely N-dealkylation sites (N-methyl/N-ethyl adjacent to an activating group) is 1. The number of nitrogens with zero attached hydrogens (tertiary/aromatic N) is 2. The van der Waals surface area contributed by atoms with Gasteiger partial charge in [-0.2, -0.15) is 0 Å². The second-order valence-corrected chi connectivity index (χ2v) is 8.47. The van der Waals surface area contributed by atoms with Gasteiger partial charge in [0, 0.05) is 31.3 Å². The van der Waals surface area contributed by atoms with Crippen molar-refractivity contribution in [2.45, 2.75) is 44.4 Å². The lowest BCUT2D eigenvalue weighted by atomic mass is 10.0. The third-order valence-corrected chi connectivity index (χ3v) is 6.18. The van der Waals surface area contributed by atoms with E-state index in [4.69, 9.17) is 4.74 Å². The number of rotatable bonds is 5. The van der Waals surface area contributed by atoms with E-state index in [1.807, 2.05) is 24.3 Å². The van der Waals surface area contributed by atoms with Crippen molar-refractivity contribution in [3.63, 3.8) is 0 Å². The first kappa shape index (κ1) is 19.9. The van der Waals surface area contributed by atoms with Crippen molar-refractivity contribution in [3.05, 3.63) is 59.7 Å². The molecule has 0 spiro atoms. The molecule has 1 amide bonds. The van der Waals surface area contributed by atoms with Gasteiger partial charge in [0.2, 0.25) is 5.91 Å². The standard InChI is InChI=1S/C24H31N3O2/c1-17(28)25-19-9-6-11-21(15-19)29-24-22-12-5-4-8-18(22)14-23(24)27-13-7-10-20(16-27)26(2)3/h4-6,8-9,11-12,15,20,23-24H,7,10,13-14,16H2,1-3H3,(H,25,28)/t20-,23+,24+/m1/s1. The molecule has 2 aromatic rings. The summed E-state index contributed by atoms with van der Waals surface area (Å²) in [6.45, 7) is 3.72. The molecule has 4 rings (SSSR count). The highest BCUT2D eigenvalue weighted by Gasteiger charge is 2.39. The van der Waals surface area contributed by atoms with Gasteiger partial charge < -0.3 is 15.0 Å². The number of hydrogen-bond acceptors (Lipinski definition) is 4. The third kappa shape index (κ3) is 4.46. The summed E-state index contributed by atoms with van der Waals surface area (Å²) in [5.74, 6) is 0.721. The van der Waals surface area contributed by atoms with Crippen LogP contribution in [-0.4, -0.2) is 55.0 Å². The molecule has 1 saturated heterocycles. The van der Waals surface area contributed by atoms with Crippen LogP contribution in [0, 0.1) is 0 Å². The summed E-state index contributed by atoms with van der Waals surface area (Å²) in [6.07, 6.45) is 3.50. The molecular formula is C24H31N3O2. The molecule has 0 saturated carbocycles. The highest BCUT2D eigenvalue weighted by molar-refractivity contribution is 5.88. The summed E-state index contributed by atoms with van der Waals surface area (Å²) in [5.41, 5.74) is 3.44. The van der Waals surface area contributed by atoms with Gasteiger partial charge in [-0.05, 0) is 63.2 Å². The lowest BCUT2D eigenvalue weighted by molar-refractivity contribution is -0.114. The van der Waals surface area contributed by atoms with Crippen LogP contribution in [0.5, 0.6) is 5.75 Å². The molecular weight excluding hydrogens is 362 g/mol. The Morgan fingerprint density at radius 1 is 1.17 bits per heavy atom. The average molecular weight is 394 g/mol. The van der Waals surface area contributed by atoms with Crippen LogP contribution in [0.15, 0.2) is 48.5 Å². The normalized spacial score (nSPS) is 24.3. The lowest BCUT2D eigenvalue weighted by Gasteiger charge is -2.41. The third-order valence-electron chi connectivity index (χ3n) is 6.18. The van der Waals surface area contributed by atoms with Gasteiger partial charge in [0.05, 0.1) is 6.04 Å². The largest absolute Gasteiger partial charge is 0.484 e. The van der Waals surface area contributed by atoms with Gasteiger partial charge in [-0.25, -0.2) is 0 Å². The molecule has 0 radical (unpaired) electrons. The number of carbonyl (C=O) groups excluding carboxylic acids is 1. The van der Waals surface area contributed by atoms with Gasteiger partial charge in [-0.1, -0.05) is 30.3 Å². The van der Waals surface area contributed by atoms with E-state index in [2.05, 4.69) is 53.5 Å². The zero-order valence-electron chi connectivity index (χ0n) is 17.6. The van der Waals surface area contributed by atoms with E-state index in [-0.39, 0.29) is 12.0 Å². The number of hydrogen-bond donors (Lipinski definition) is 1. The van der Waals surface area contributed by atoms with Crippen LogP contribution in [0.1, 0.15) is 37.0 Å². The first-order chi connectivity index (χ1) is 14.0. The second kappa shape index (κ2) is 8.56. The Kier molecular flexibility index (Phi) is 5.88. The van der Waals surface area contributed by atoms with Crippen molar-refractivity contribution in [2.75, 3.05) is 32.5 Å². The van der Waals surface area contributed by atoms with E-state index in [1.165, 1.54) is 30.9 Å². The lowest BCUT2D eigenvalue weighted by Crippen LogP contribution is -2.51. The Morgan fingerprint density at radius 2 is 2.00 bits per heavy atom. The molecule has 0 unspecified atom stereocenters. The maximum absolute atomic E-state index is 11.4. The van der Waals surface area contributed by atoms with Crippen molar-refractivity contribution in [3.8, 4) is 5.75 Å². The van der Waals surface area contributed by atoms with Gasteiger partial charge in [-0.3, -0.25) is 9.69 Å². The molecule has 1 heterocycles. The molecule has 5 heteroatoms. The van der Waals surface area contributed by atoms with Crippen LogP contribution in [-0.2, 0) is 11.2 Å². The fourth-order valence-electron chi connectivity index (χ4n) is 4.70. The van der Waals surface area contributed by atoms with Crippen LogP contribution in [0.3, 0.4) is 0 Å². The van der Waals surface area contributed by atoms with Crippen LogP contribution in [0.2, 0.25) is 0 Å². The van der Waals surface area contributed by atoms with Crippen molar-refractivity contribution in [2.24, 2.45) is 0 Å². The number of benzene rings is 2. The smallest absolute Gasteiger partial charge is 0.221 e. The minimum atomic E-state index is -0.0747. The quantitative estimate of drug-likeness (QED) is 0.841. The van der Waals surface area contributed by atoms with Crippen molar-refractivity contribution >= 4 is 11.6 Å². The zero-order chi connectivity index (χ0) is 20.4. The van der Waals surface area contributed by atoms with E-state index in [0.717, 1.165) is 30.9 Å². The Morgan fingerprint density at radius 3 is 2.79 bits per heavy atom. The highest BCUT2D eigenvalue weighted by Crippen LogP contribution is 2.39. The van der Waals surface area contributed by atoms with E-state index in [0.29, 0.717) is 12.1 Å². The van der Waals surface area contributed by atoms with Gasteiger partial charge in [-0.15, -0.1) is 0 Å². The molecule has 1 N–H and O–H groups in total. The highest BCUT2D eigenvalue weighted by atomic mass is 16.5. The van der Waals surface area contributed by atoms with Crippen LogP contribution >= 0.6 is 0 Å². The molecule has 154 valence electrons. The topological polar surface area (TPSA) is 44.8 Å². The summed E-state index contributed by atoms with van der Waals surface area (Å²) < 4.78 is 6.58. The van der Waals surface area contributed by atoms with E-state index < -0.39 is 0 Å². The number of amides is 1. The summed E-state index contributed by atoms with van der Waals surface area (Å²) in [6, 6.07) is 17.3. The molecule has 0 bridgehead atoms. The fourth-order valence-corrected chi connectivity index (χ4v) is 4.70. The molecule has 0 aromatic heterocycles. The Balaban J connectivity index is 1.59. The maximum atomic E-state index is 11.4. The van der Waals surface area contributed by atoms with Crippen LogP contribution in [0.25, 0.3) is 0 Å². The van der Waals surface area contributed by atoms with Gasteiger partial charge in [0.15, 0.2) is 0 Å². The van der Waals surface area contributed by atoms with Crippen molar-refractivity contribution in [1.82, 2.24) is 9.80 Å². The van der Waals surface area contributed by atoms with Gasteiger partial charge in [0.1, 0.15) is 11.9 Å². The van der Waals surface area contributed by atoms with E-state index >= 15 is 0 Å². The molecule has 1 fully saturated rings. The Bertz CT molecular complexity index is 867. The minimum Gasteiger partial charge on any atom is -0.484 e. The first-order valence-electron chi connectivity index (χ1n) is 10.5. The molecule has 2 aliphatic rings. The predicted molar refractivity (Wildman–Crippen MR) is 116 cm³/mol. The molecule has 1 aliphatic carbocycles. The van der Waals surface area contributed by atoms with Gasteiger partial charge in [0.25, 0.3) is 0 Å². The predicted octanol–water partition coefficient (Wildman–Crippen LogP) is 3.72.